The Hall–Kier alpha value is -11.9. The summed E-state index contributed by atoms with van der Waals surface area (Å²) in [4.78, 5) is 85.3. The number of benzene rings is 7. The summed E-state index contributed by atoms with van der Waals surface area (Å²) in [6.45, 7) is 31.5. The SMILES string of the molecule is CCCCCCCCc1cc(-c2ccc(-c3ccc(C(=O)OCc4cc(COc5cc(CN(CC)c6cc7oc(=O)cc(C)c7cc6C)cc(CN(CC)c6cc7oc(=O)cc(C)c7cc6C)c5)cc(COc5cc(CN(CC)c6cc7oc(=O)cc(C)c7cc6C)cc(CN(CC)c6cc7oc(=O)cc(C)c7cc6C)c5)c4)s3)s2)sc1-c1ccc(-c2cccs2)s1. The molecule has 0 fully saturated rings. The number of esters is 1. The fourth-order valence-corrected chi connectivity index (χ4v) is 22.7. The number of unbranched alkanes of at least 4 members (excludes halogenated alkanes) is 5. The Balaban J connectivity index is 0.726. The van der Waals surface area contributed by atoms with E-state index in [1.54, 1.807) is 22.7 Å². The lowest BCUT2D eigenvalue weighted by Crippen LogP contribution is -2.24. The maximum atomic E-state index is 14.7. The number of carbonyl (C=O) groups is 1. The molecule has 0 N–H and O–H groups in total. The van der Waals surface area contributed by atoms with Gasteiger partial charge in [-0.15, -0.1) is 56.7 Å². The minimum atomic E-state index is -0.431. The van der Waals surface area contributed by atoms with Gasteiger partial charge < -0.3 is 51.5 Å². The van der Waals surface area contributed by atoms with Crippen molar-refractivity contribution in [3.05, 3.63) is 323 Å². The van der Waals surface area contributed by atoms with E-state index in [1.165, 1.54) is 103 Å². The molecule has 0 saturated heterocycles. The Morgan fingerprint density at radius 1 is 0.331 bits per heavy atom. The highest BCUT2D eigenvalue weighted by Gasteiger charge is 2.25. The molecular weight excluding hydrogens is 1680 g/mol. The molecule has 0 saturated carbocycles. The van der Waals surface area contributed by atoms with Gasteiger partial charge in [-0.1, -0.05) is 57.2 Å². The van der Waals surface area contributed by atoms with Crippen molar-refractivity contribution >= 4 is 129 Å². The summed E-state index contributed by atoms with van der Waals surface area (Å²) in [6, 6.07) is 61.0. The third-order valence-electron chi connectivity index (χ3n) is 23.9. The van der Waals surface area contributed by atoms with Crippen LogP contribution in [0.3, 0.4) is 0 Å². The quantitative estimate of drug-likeness (QED) is 0.0205. The standard InChI is InChI=1S/C106H106N4O12S5/c1-14-19-20-21-22-23-25-78-51-100(127-105(78)98-31-29-94(125-98)93-26-24-33-123-93)97-28-27-95(124-97)96-30-32-99(126-96)106(115)118-62-77-45-75(60-116-79-47-71(56-107(15-2)85-52-89-81(34-67(85)10)63(6)38-101(111)119-89)42-72(48-79)57-108(16-3)86-53-90-82(35-68(86)11)64(7)39-102(112)120-90)44-76(46-77)61-117-80-49-73(58-109(17-4)87-54-91-83(36-69(87)12)65(8)40-103(113)121-91)43-74(50-80)59-110(18-5)88-55-92-84(37-70(88)13)66(9)41-104(114)122-92/h24,26-55H,14-23,25,56-62H2,1-13H3. The van der Waals surface area contributed by atoms with Crippen LogP contribution in [0.5, 0.6) is 11.5 Å². The van der Waals surface area contributed by atoms with Crippen molar-refractivity contribution in [2.24, 2.45) is 0 Å². The Kier molecular flexibility index (Phi) is 27.3. The normalized spacial score (nSPS) is 11.6. The van der Waals surface area contributed by atoms with Gasteiger partial charge in [0.15, 0.2) is 0 Å². The molecule has 0 radical (unpaired) electrons. The van der Waals surface area contributed by atoms with Gasteiger partial charge in [0.25, 0.3) is 0 Å². The summed E-state index contributed by atoms with van der Waals surface area (Å²) in [7, 11) is 0. The maximum Gasteiger partial charge on any atom is 0.348 e. The topological polar surface area (TPSA) is 179 Å². The number of hydrogen-bond donors (Lipinski definition) is 0. The first kappa shape index (κ1) is 88.6. The minimum Gasteiger partial charge on any atom is -0.489 e. The van der Waals surface area contributed by atoms with E-state index in [0.29, 0.717) is 91.1 Å². The Bertz CT molecular complexity index is 6450. The third-order valence-corrected chi connectivity index (χ3v) is 30.0. The second-order valence-electron chi connectivity index (χ2n) is 33.3. The largest absolute Gasteiger partial charge is 0.489 e. The van der Waals surface area contributed by atoms with E-state index in [0.717, 1.165) is 150 Å². The molecule has 16 nitrogen and oxygen atoms in total. The molecule has 0 aliphatic carbocycles. The molecule has 0 aliphatic heterocycles. The van der Waals surface area contributed by atoms with Crippen LogP contribution < -0.4 is 51.6 Å². The van der Waals surface area contributed by atoms with Crippen LogP contribution in [0.2, 0.25) is 0 Å². The minimum absolute atomic E-state index is 0.0434. The van der Waals surface area contributed by atoms with Gasteiger partial charge in [-0.2, -0.15) is 0 Å². The van der Waals surface area contributed by atoms with Gasteiger partial charge >= 0.3 is 28.5 Å². The summed E-state index contributed by atoms with van der Waals surface area (Å²) in [5, 5.41) is 5.69. The van der Waals surface area contributed by atoms with Crippen molar-refractivity contribution in [1.29, 1.82) is 0 Å². The van der Waals surface area contributed by atoms with E-state index in [2.05, 4.69) is 196 Å². The third kappa shape index (κ3) is 20.4. The predicted molar refractivity (Wildman–Crippen MR) is 526 cm³/mol. The lowest BCUT2D eigenvalue weighted by molar-refractivity contribution is 0.0478. The molecule has 0 aliphatic rings. The molecule has 0 unspecified atom stereocenters. The zero-order valence-corrected chi connectivity index (χ0v) is 78.4. The number of ether oxygens (including phenoxy) is 3. The number of rotatable bonds is 36. The molecule has 0 atom stereocenters. The van der Waals surface area contributed by atoms with Crippen LogP contribution in [0.15, 0.2) is 224 Å². The van der Waals surface area contributed by atoms with E-state index in [-0.39, 0.29) is 19.8 Å². The number of aryl methyl sites for hydroxylation is 9. The number of nitrogens with zero attached hydrogens (tertiary/aromatic N) is 4. The van der Waals surface area contributed by atoms with Crippen LogP contribution in [-0.2, 0) is 57.2 Å². The average molecular weight is 1790 g/mol. The molecule has 0 amide bonds. The van der Waals surface area contributed by atoms with E-state index < -0.39 is 28.5 Å². The fraction of sp³-hybridized carbons (Fsp3) is 0.292. The lowest BCUT2D eigenvalue weighted by atomic mass is 10.0. The second kappa shape index (κ2) is 39.2. The number of anilines is 4. The first-order valence-electron chi connectivity index (χ1n) is 43.9. The van der Waals surface area contributed by atoms with Gasteiger partial charge in [-0.25, -0.2) is 24.0 Å². The Morgan fingerprint density at radius 3 is 1.09 bits per heavy atom. The van der Waals surface area contributed by atoms with Crippen molar-refractivity contribution in [2.75, 3.05) is 45.8 Å². The van der Waals surface area contributed by atoms with E-state index in [9.17, 15) is 24.0 Å². The van der Waals surface area contributed by atoms with Crippen molar-refractivity contribution in [3.63, 3.8) is 0 Å². The molecule has 652 valence electrons. The first-order chi connectivity index (χ1) is 61.4. The molecule has 0 bridgehead atoms. The predicted octanol–water partition coefficient (Wildman–Crippen LogP) is 27.1. The van der Waals surface area contributed by atoms with Crippen molar-refractivity contribution in [3.8, 4) is 50.5 Å². The Morgan fingerprint density at radius 2 is 0.685 bits per heavy atom. The van der Waals surface area contributed by atoms with Gasteiger partial charge in [0.05, 0.1) is 0 Å². The van der Waals surface area contributed by atoms with Crippen LogP contribution in [0.25, 0.3) is 82.9 Å². The summed E-state index contributed by atoms with van der Waals surface area (Å²) in [6.07, 6.45) is 8.51. The number of hydrogen-bond acceptors (Lipinski definition) is 21. The monoisotopic (exact) mass is 1790 g/mol. The Labute approximate surface area is 760 Å². The average Bonchev–Trinajstić information content (AvgIpc) is 1.65. The van der Waals surface area contributed by atoms with E-state index >= 15 is 0 Å². The first-order valence-corrected chi connectivity index (χ1v) is 48.0. The highest BCUT2D eigenvalue weighted by Crippen LogP contribution is 2.48. The summed E-state index contributed by atoms with van der Waals surface area (Å²) < 4.78 is 43.9. The molecule has 9 heterocycles. The van der Waals surface area contributed by atoms with Gasteiger partial charge in [-0.3, -0.25) is 0 Å². The van der Waals surface area contributed by atoms with Gasteiger partial charge in [0.2, 0.25) is 0 Å². The molecular formula is C106H106N4O12S5. The summed E-state index contributed by atoms with van der Waals surface area (Å²) in [5.74, 6) is 0.835. The van der Waals surface area contributed by atoms with Gasteiger partial charge in [0.1, 0.15) is 58.5 Å². The maximum absolute atomic E-state index is 14.7. The zero-order valence-electron chi connectivity index (χ0n) is 74.4. The van der Waals surface area contributed by atoms with Crippen molar-refractivity contribution in [2.45, 2.75) is 181 Å². The smallest absolute Gasteiger partial charge is 0.348 e. The molecule has 9 aromatic heterocycles. The van der Waals surface area contributed by atoms with Crippen LogP contribution in [0.4, 0.5) is 22.7 Å². The molecule has 7 aromatic carbocycles. The van der Waals surface area contributed by atoms with Crippen LogP contribution in [-0.4, -0.2) is 32.1 Å². The van der Waals surface area contributed by atoms with Gasteiger partial charge in [-0.05, 0) is 306 Å². The highest BCUT2D eigenvalue weighted by molar-refractivity contribution is 7.29. The molecule has 21 heteroatoms. The van der Waals surface area contributed by atoms with E-state index in [4.69, 9.17) is 31.9 Å². The lowest BCUT2D eigenvalue weighted by Gasteiger charge is -2.28. The summed E-state index contributed by atoms with van der Waals surface area (Å²) >= 11 is 8.73. The zero-order chi connectivity index (χ0) is 88.8. The van der Waals surface area contributed by atoms with Crippen LogP contribution in [0, 0.1) is 55.4 Å². The molecule has 127 heavy (non-hydrogen) atoms. The highest BCUT2D eigenvalue weighted by atomic mass is 32.1. The number of carbonyl (C=O) groups excluding carboxylic acids is 1. The van der Waals surface area contributed by atoms with E-state index in [1.807, 2.05) is 98.9 Å². The van der Waals surface area contributed by atoms with Crippen LogP contribution in [0.1, 0.15) is 172 Å². The number of fused-ring (bicyclic) bond motifs is 4. The van der Waals surface area contributed by atoms with Gasteiger partial charge in [0, 0.05) is 184 Å². The molecule has 16 rings (SSSR count). The summed E-state index contributed by atoms with van der Waals surface area (Å²) in [5.41, 5.74) is 19.5. The van der Waals surface area contributed by atoms with Crippen LogP contribution >= 0.6 is 56.7 Å². The fourth-order valence-electron chi connectivity index (χ4n) is 17.4. The van der Waals surface area contributed by atoms with Crippen molar-refractivity contribution < 1.29 is 36.7 Å². The van der Waals surface area contributed by atoms with Crippen molar-refractivity contribution in [1.82, 2.24) is 0 Å². The molecule has 16 aromatic rings. The second-order valence-corrected chi connectivity index (χ2v) is 38.6. The molecule has 0 spiro atoms. The number of thiophene rings is 5.